The molecule has 1 amide bonds. The molecule has 3 aliphatic carbocycles. The lowest BCUT2D eigenvalue weighted by Gasteiger charge is -2.45. The lowest BCUT2D eigenvalue weighted by atomic mass is 9.60. The molecule has 0 saturated carbocycles. The van der Waals surface area contributed by atoms with Gasteiger partial charge in [0.25, 0.3) is 5.91 Å². The molecule has 3 atom stereocenters. The van der Waals surface area contributed by atoms with E-state index in [0.29, 0.717) is 12.0 Å². The maximum atomic E-state index is 12.9. The van der Waals surface area contributed by atoms with Crippen LogP contribution in [0.25, 0.3) is 0 Å². The fourth-order valence-corrected chi connectivity index (χ4v) is 4.47. The highest BCUT2D eigenvalue weighted by molar-refractivity contribution is 6.24. The van der Waals surface area contributed by atoms with E-state index in [1.54, 1.807) is 12.1 Å². The molecule has 5 N–H and O–H groups in total. The summed E-state index contributed by atoms with van der Waals surface area (Å²) in [6.07, 6.45) is 0.525. The third kappa shape index (κ3) is 1.94. The van der Waals surface area contributed by atoms with E-state index < -0.39 is 46.1 Å². The van der Waals surface area contributed by atoms with E-state index in [1.165, 1.54) is 0 Å². The van der Waals surface area contributed by atoms with Crippen LogP contribution in [-0.2, 0) is 16.0 Å². The van der Waals surface area contributed by atoms with E-state index in [0.717, 1.165) is 5.56 Å². The molecule has 1 aromatic rings. The first-order valence-corrected chi connectivity index (χ1v) is 8.32. The summed E-state index contributed by atoms with van der Waals surface area (Å²) in [5.41, 5.74) is 3.25. The summed E-state index contributed by atoms with van der Waals surface area (Å²) < 4.78 is 0. The molecule has 0 saturated heterocycles. The number of carbonyl (C=O) groups excluding carboxylic acids is 3. The minimum absolute atomic E-state index is 0.000935. The molecule has 0 aromatic heterocycles. The predicted molar refractivity (Wildman–Crippen MR) is 89.2 cm³/mol. The number of carbonyl (C=O) groups is 3. The molecule has 26 heavy (non-hydrogen) atoms. The number of nitrogens with two attached hydrogens (primary N) is 1. The monoisotopic (exact) mass is 355 g/mol. The van der Waals surface area contributed by atoms with Gasteiger partial charge in [-0.3, -0.25) is 14.4 Å². The summed E-state index contributed by atoms with van der Waals surface area (Å²) in [5.74, 6) is -5.21. The van der Waals surface area contributed by atoms with Crippen molar-refractivity contribution in [2.75, 3.05) is 0 Å². The van der Waals surface area contributed by atoms with Crippen LogP contribution in [0, 0.1) is 11.8 Å². The van der Waals surface area contributed by atoms with E-state index in [4.69, 9.17) is 5.73 Å². The summed E-state index contributed by atoms with van der Waals surface area (Å²) >= 11 is 0. The fraction of sp³-hybridized carbons (Fsp3) is 0.316. The summed E-state index contributed by atoms with van der Waals surface area (Å²) in [4.78, 5) is 37.1. The molecule has 7 nitrogen and oxygen atoms in total. The van der Waals surface area contributed by atoms with Crippen molar-refractivity contribution in [2.45, 2.75) is 24.9 Å². The largest absolute Gasteiger partial charge is 0.511 e. The number of Topliss-reactive ketones (excluding diaryl/α,β-unsaturated/α-hetero) is 2. The van der Waals surface area contributed by atoms with Crippen molar-refractivity contribution in [1.82, 2.24) is 0 Å². The Morgan fingerprint density at radius 2 is 1.85 bits per heavy atom. The Kier molecular flexibility index (Phi) is 3.36. The number of rotatable bonds is 1. The topological polar surface area (TPSA) is 138 Å². The quantitative estimate of drug-likeness (QED) is 0.552. The molecule has 4 rings (SSSR count). The minimum Gasteiger partial charge on any atom is -0.511 e. The van der Waals surface area contributed by atoms with Crippen LogP contribution >= 0.6 is 0 Å². The van der Waals surface area contributed by atoms with Gasteiger partial charge in [-0.15, -0.1) is 0 Å². The van der Waals surface area contributed by atoms with E-state index in [1.807, 2.05) is 12.1 Å². The SMILES string of the molecule is NC(=O)C1=C(O)C[C@@H]2C[C@@H]3Cc4ccccc4C(=O)C3=C(O)[C@]2(O)C1=O. The number of benzene rings is 1. The normalized spacial score (nSPS) is 30.7. The number of hydrogen-bond donors (Lipinski definition) is 4. The van der Waals surface area contributed by atoms with Crippen LogP contribution in [0.5, 0.6) is 0 Å². The first kappa shape index (κ1) is 16.5. The average Bonchev–Trinajstić information content (AvgIpc) is 2.58. The van der Waals surface area contributed by atoms with Crippen molar-refractivity contribution in [3.8, 4) is 0 Å². The summed E-state index contributed by atoms with van der Waals surface area (Å²) in [7, 11) is 0. The van der Waals surface area contributed by atoms with Crippen molar-refractivity contribution in [1.29, 1.82) is 0 Å². The number of aliphatic hydroxyl groups is 3. The van der Waals surface area contributed by atoms with Crippen molar-refractivity contribution in [2.24, 2.45) is 17.6 Å². The maximum absolute atomic E-state index is 12.9. The zero-order chi connectivity index (χ0) is 18.8. The van der Waals surface area contributed by atoms with Gasteiger partial charge in [0.1, 0.15) is 17.1 Å². The van der Waals surface area contributed by atoms with Crippen LogP contribution in [-0.4, -0.2) is 38.4 Å². The fourth-order valence-electron chi connectivity index (χ4n) is 4.47. The standard InChI is InChI=1S/C19H17NO6/c20-18(25)14-12(21)7-10-6-9-5-8-3-1-2-4-11(8)15(22)13(9)16(23)19(10,26)17(14)24/h1-4,9-10,21,23,26H,5-7H2,(H2,20,25)/t9-,10-,19-/m0/s1. The minimum atomic E-state index is -2.43. The number of aliphatic hydroxyl groups excluding tert-OH is 2. The van der Waals surface area contributed by atoms with Crippen molar-refractivity contribution in [3.05, 3.63) is 58.1 Å². The van der Waals surface area contributed by atoms with Gasteiger partial charge in [0.15, 0.2) is 11.4 Å². The van der Waals surface area contributed by atoms with Crippen LogP contribution in [0.15, 0.2) is 46.9 Å². The van der Waals surface area contributed by atoms with E-state index in [9.17, 15) is 29.7 Å². The van der Waals surface area contributed by atoms with Gasteiger partial charge in [-0.05, 0) is 24.3 Å². The lowest BCUT2D eigenvalue weighted by molar-refractivity contribution is -0.144. The van der Waals surface area contributed by atoms with Crippen LogP contribution in [0.2, 0.25) is 0 Å². The Balaban J connectivity index is 1.90. The van der Waals surface area contributed by atoms with Crippen molar-refractivity contribution >= 4 is 17.5 Å². The molecule has 0 radical (unpaired) electrons. The number of amides is 1. The number of primary amides is 1. The second kappa shape index (κ2) is 5.28. The van der Waals surface area contributed by atoms with E-state index in [2.05, 4.69) is 0 Å². The summed E-state index contributed by atoms with van der Waals surface area (Å²) in [5, 5.41) is 31.8. The molecule has 3 aliphatic rings. The number of fused-ring (bicyclic) bond motifs is 3. The highest BCUT2D eigenvalue weighted by atomic mass is 16.3. The summed E-state index contributed by atoms with van der Waals surface area (Å²) in [6, 6.07) is 6.98. The number of ketones is 2. The Labute approximate surface area is 148 Å². The zero-order valence-electron chi connectivity index (χ0n) is 13.7. The van der Waals surface area contributed by atoms with E-state index >= 15 is 0 Å². The predicted octanol–water partition coefficient (Wildman–Crippen LogP) is 0.875. The molecular weight excluding hydrogens is 338 g/mol. The zero-order valence-corrected chi connectivity index (χ0v) is 13.7. The third-order valence-electron chi connectivity index (χ3n) is 5.71. The average molecular weight is 355 g/mol. The van der Waals surface area contributed by atoms with Gasteiger partial charge in [0.05, 0.1) is 0 Å². The molecule has 0 spiro atoms. The molecule has 1 aromatic carbocycles. The van der Waals surface area contributed by atoms with Gasteiger partial charge in [0, 0.05) is 23.5 Å². The number of hydrogen-bond acceptors (Lipinski definition) is 6. The molecule has 0 heterocycles. The van der Waals surface area contributed by atoms with E-state index in [-0.39, 0.29) is 24.3 Å². The molecule has 0 unspecified atom stereocenters. The maximum Gasteiger partial charge on any atom is 0.255 e. The van der Waals surface area contributed by atoms with Gasteiger partial charge >= 0.3 is 0 Å². The molecule has 0 aliphatic heterocycles. The number of allylic oxidation sites excluding steroid dienone is 2. The van der Waals surface area contributed by atoms with Gasteiger partial charge in [-0.2, -0.15) is 0 Å². The second-order valence-corrected chi connectivity index (χ2v) is 7.07. The molecule has 0 bridgehead atoms. The summed E-state index contributed by atoms with van der Waals surface area (Å²) in [6.45, 7) is 0. The van der Waals surface area contributed by atoms with Gasteiger partial charge < -0.3 is 21.1 Å². The molecule has 134 valence electrons. The second-order valence-electron chi connectivity index (χ2n) is 7.07. The third-order valence-corrected chi connectivity index (χ3v) is 5.71. The first-order valence-electron chi connectivity index (χ1n) is 8.32. The molecular formula is C19H17NO6. The Hall–Kier alpha value is -2.93. The Morgan fingerprint density at radius 3 is 2.54 bits per heavy atom. The Morgan fingerprint density at radius 1 is 1.15 bits per heavy atom. The highest BCUT2D eigenvalue weighted by Gasteiger charge is 2.59. The van der Waals surface area contributed by atoms with Crippen LogP contribution in [0.4, 0.5) is 0 Å². The van der Waals surface area contributed by atoms with Crippen LogP contribution < -0.4 is 5.73 Å². The smallest absolute Gasteiger partial charge is 0.255 e. The molecule has 7 heteroatoms. The van der Waals surface area contributed by atoms with Gasteiger partial charge in [-0.25, -0.2) is 0 Å². The highest BCUT2D eigenvalue weighted by Crippen LogP contribution is 2.50. The lowest BCUT2D eigenvalue weighted by Crippen LogP contribution is -2.57. The van der Waals surface area contributed by atoms with Crippen LogP contribution in [0.1, 0.15) is 28.8 Å². The van der Waals surface area contributed by atoms with Gasteiger partial charge in [0.2, 0.25) is 5.78 Å². The van der Waals surface area contributed by atoms with Gasteiger partial charge in [-0.1, -0.05) is 24.3 Å². The molecule has 0 fully saturated rings. The van der Waals surface area contributed by atoms with Crippen LogP contribution in [0.3, 0.4) is 0 Å². The Bertz CT molecular complexity index is 943. The first-order chi connectivity index (χ1) is 12.3. The van der Waals surface area contributed by atoms with Crippen molar-refractivity contribution in [3.63, 3.8) is 0 Å². The van der Waals surface area contributed by atoms with Crippen molar-refractivity contribution < 1.29 is 29.7 Å².